The predicted octanol–water partition coefficient (Wildman–Crippen LogP) is 1.81. The number of fused-ring (bicyclic) bond motifs is 1. The Bertz CT molecular complexity index is 600. The minimum Gasteiger partial charge on any atom is -0.484 e. The second-order valence-electron chi connectivity index (χ2n) is 6.43. The largest absolute Gasteiger partial charge is 0.484 e. The standard InChI is InChI=1S/C18H24N2O3/c19-18(22)16-7-3-4-10-20(16)17(21)12-23-15-9-8-13-5-1-2-6-14(13)11-15/h8-9,11,16H,1-7,10,12H2,(H2,19,22). The number of ether oxygens (including phenoxy) is 1. The summed E-state index contributed by atoms with van der Waals surface area (Å²) < 4.78 is 5.67. The van der Waals surface area contributed by atoms with Gasteiger partial charge < -0.3 is 15.4 Å². The molecule has 1 aliphatic carbocycles. The summed E-state index contributed by atoms with van der Waals surface area (Å²) in [5, 5.41) is 0. The number of nitrogens with zero attached hydrogens (tertiary/aromatic N) is 1. The van der Waals surface area contributed by atoms with Gasteiger partial charge in [-0.1, -0.05) is 6.07 Å². The molecule has 5 heteroatoms. The second kappa shape index (κ2) is 7.02. The van der Waals surface area contributed by atoms with E-state index in [-0.39, 0.29) is 12.5 Å². The van der Waals surface area contributed by atoms with Crippen molar-refractivity contribution in [1.29, 1.82) is 0 Å². The second-order valence-corrected chi connectivity index (χ2v) is 6.43. The average Bonchev–Trinajstić information content (AvgIpc) is 2.59. The zero-order valence-electron chi connectivity index (χ0n) is 13.4. The number of nitrogens with two attached hydrogens (primary N) is 1. The van der Waals surface area contributed by atoms with Crippen LogP contribution in [0.4, 0.5) is 0 Å². The molecule has 0 spiro atoms. The van der Waals surface area contributed by atoms with Crippen molar-refractivity contribution in [2.45, 2.75) is 51.0 Å². The normalized spacial score (nSPS) is 20.7. The first-order chi connectivity index (χ1) is 11.1. The minimum atomic E-state index is -0.483. The maximum absolute atomic E-state index is 12.4. The van der Waals surface area contributed by atoms with Gasteiger partial charge in [0.1, 0.15) is 11.8 Å². The smallest absolute Gasteiger partial charge is 0.261 e. The zero-order valence-corrected chi connectivity index (χ0v) is 13.4. The minimum absolute atomic E-state index is 0.0391. The molecule has 0 bridgehead atoms. The highest BCUT2D eigenvalue weighted by atomic mass is 16.5. The quantitative estimate of drug-likeness (QED) is 0.921. The monoisotopic (exact) mass is 316 g/mol. The highest BCUT2D eigenvalue weighted by Gasteiger charge is 2.30. The molecule has 1 atom stereocenters. The molecule has 2 amide bonds. The third-order valence-corrected chi connectivity index (χ3v) is 4.83. The molecule has 124 valence electrons. The fraction of sp³-hybridized carbons (Fsp3) is 0.556. The maximum atomic E-state index is 12.4. The zero-order chi connectivity index (χ0) is 16.2. The predicted molar refractivity (Wildman–Crippen MR) is 87.1 cm³/mol. The Morgan fingerprint density at radius 3 is 2.70 bits per heavy atom. The molecule has 1 aliphatic heterocycles. The number of aryl methyl sites for hydroxylation is 2. The van der Waals surface area contributed by atoms with Crippen molar-refractivity contribution in [3.63, 3.8) is 0 Å². The molecule has 1 fully saturated rings. The Hall–Kier alpha value is -2.04. The lowest BCUT2D eigenvalue weighted by molar-refractivity contribution is -0.142. The van der Waals surface area contributed by atoms with Gasteiger partial charge in [-0.2, -0.15) is 0 Å². The number of benzene rings is 1. The number of rotatable bonds is 4. The summed E-state index contributed by atoms with van der Waals surface area (Å²) in [4.78, 5) is 25.4. The number of primary amides is 1. The van der Waals surface area contributed by atoms with Crippen LogP contribution in [-0.2, 0) is 22.4 Å². The lowest BCUT2D eigenvalue weighted by atomic mass is 9.92. The first-order valence-corrected chi connectivity index (χ1v) is 8.48. The lowest BCUT2D eigenvalue weighted by Gasteiger charge is -2.33. The van der Waals surface area contributed by atoms with Gasteiger partial charge >= 0.3 is 0 Å². The number of hydrogen-bond donors (Lipinski definition) is 1. The van der Waals surface area contributed by atoms with E-state index in [9.17, 15) is 9.59 Å². The molecule has 1 aromatic carbocycles. The van der Waals surface area contributed by atoms with Crippen molar-refractivity contribution in [3.05, 3.63) is 29.3 Å². The van der Waals surface area contributed by atoms with Gasteiger partial charge in [-0.05, 0) is 68.2 Å². The van der Waals surface area contributed by atoms with E-state index in [0.29, 0.717) is 13.0 Å². The van der Waals surface area contributed by atoms with Crippen LogP contribution in [0, 0.1) is 0 Å². The Kier molecular flexibility index (Phi) is 4.84. The number of piperidine rings is 1. The summed E-state index contributed by atoms with van der Waals surface area (Å²) in [6, 6.07) is 5.59. The molecule has 1 unspecified atom stereocenters. The Labute approximate surface area is 136 Å². The molecule has 1 heterocycles. The van der Waals surface area contributed by atoms with Gasteiger partial charge in [0.25, 0.3) is 5.91 Å². The van der Waals surface area contributed by atoms with Crippen LogP contribution < -0.4 is 10.5 Å². The van der Waals surface area contributed by atoms with E-state index in [2.05, 4.69) is 6.07 Å². The lowest BCUT2D eigenvalue weighted by Crippen LogP contribution is -2.51. The SMILES string of the molecule is NC(=O)C1CCCCN1C(=O)COc1ccc2c(c1)CCCC2. The van der Waals surface area contributed by atoms with E-state index in [1.54, 1.807) is 4.90 Å². The Morgan fingerprint density at radius 1 is 1.13 bits per heavy atom. The molecule has 2 aliphatic rings. The van der Waals surface area contributed by atoms with Crippen LogP contribution >= 0.6 is 0 Å². The third-order valence-electron chi connectivity index (χ3n) is 4.83. The van der Waals surface area contributed by atoms with Crippen LogP contribution in [0.5, 0.6) is 5.75 Å². The van der Waals surface area contributed by atoms with Gasteiger partial charge in [0, 0.05) is 6.54 Å². The number of amides is 2. The first-order valence-electron chi connectivity index (χ1n) is 8.48. The van der Waals surface area contributed by atoms with Crippen LogP contribution in [0.3, 0.4) is 0 Å². The molecule has 23 heavy (non-hydrogen) atoms. The van der Waals surface area contributed by atoms with Gasteiger partial charge in [-0.25, -0.2) is 0 Å². The van der Waals surface area contributed by atoms with Crippen molar-refractivity contribution in [1.82, 2.24) is 4.90 Å². The average molecular weight is 316 g/mol. The summed E-state index contributed by atoms with van der Waals surface area (Å²) in [6.45, 7) is 0.544. The van der Waals surface area contributed by atoms with E-state index in [1.807, 2.05) is 12.1 Å². The molecular formula is C18H24N2O3. The molecule has 1 saturated heterocycles. The van der Waals surface area contributed by atoms with Crippen molar-refractivity contribution >= 4 is 11.8 Å². The first kappa shape index (κ1) is 15.8. The van der Waals surface area contributed by atoms with Gasteiger partial charge in [0.05, 0.1) is 0 Å². The van der Waals surface area contributed by atoms with E-state index in [4.69, 9.17) is 10.5 Å². The fourth-order valence-electron chi connectivity index (χ4n) is 3.55. The summed E-state index contributed by atoms with van der Waals surface area (Å²) >= 11 is 0. The van der Waals surface area contributed by atoms with Crippen LogP contribution in [0.25, 0.3) is 0 Å². The van der Waals surface area contributed by atoms with Crippen LogP contribution in [0.2, 0.25) is 0 Å². The molecule has 0 aromatic heterocycles. The fourth-order valence-corrected chi connectivity index (χ4v) is 3.55. The van der Waals surface area contributed by atoms with E-state index >= 15 is 0 Å². The Balaban J connectivity index is 1.61. The summed E-state index contributed by atoms with van der Waals surface area (Å²) in [5.74, 6) is 0.143. The molecule has 1 aromatic rings. The topological polar surface area (TPSA) is 72.6 Å². The molecule has 2 N–H and O–H groups in total. The summed E-state index contributed by atoms with van der Waals surface area (Å²) in [7, 11) is 0. The summed E-state index contributed by atoms with van der Waals surface area (Å²) in [6.07, 6.45) is 7.16. The van der Waals surface area contributed by atoms with E-state index in [1.165, 1.54) is 24.0 Å². The van der Waals surface area contributed by atoms with E-state index in [0.717, 1.165) is 31.4 Å². The van der Waals surface area contributed by atoms with E-state index < -0.39 is 11.9 Å². The molecular weight excluding hydrogens is 292 g/mol. The van der Waals surface area contributed by atoms with Crippen molar-refractivity contribution in [3.8, 4) is 5.75 Å². The molecule has 3 rings (SSSR count). The number of carbonyl (C=O) groups is 2. The maximum Gasteiger partial charge on any atom is 0.261 e. The van der Waals surface area contributed by atoms with Crippen LogP contribution in [0.15, 0.2) is 18.2 Å². The van der Waals surface area contributed by atoms with Gasteiger partial charge in [0.15, 0.2) is 6.61 Å². The van der Waals surface area contributed by atoms with Crippen molar-refractivity contribution in [2.75, 3.05) is 13.2 Å². The van der Waals surface area contributed by atoms with Gasteiger partial charge in [0.2, 0.25) is 5.91 Å². The molecule has 5 nitrogen and oxygen atoms in total. The number of hydrogen-bond acceptors (Lipinski definition) is 3. The molecule has 0 saturated carbocycles. The highest BCUT2D eigenvalue weighted by Crippen LogP contribution is 2.25. The van der Waals surface area contributed by atoms with Crippen LogP contribution in [0.1, 0.15) is 43.2 Å². The van der Waals surface area contributed by atoms with Crippen molar-refractivity contribution < 1.29 is 14.3 Å². The highest BCUT2D eigenvalue weighted by molar-refractivity contribution is 5.87. The molecule has 0 radical (unpaired) electrons. The number of likely N-dealkylation sites (tertiary alicyclic amines) is 1. The van der Waals surface area contributed by atoms with Crippen LogP contribution in [-0.4, -0.2) is 35.9 Å². The number of carbonyl (C=O) groups excluding carboxylic acids is 2. The Morgan fingerprint density at radius 2 is 1.91 bits per heavy atom. The summed E-state index contributed by atoms with van der Waals surface area (Å²) in [5.41, 5.74) is 8.12. The third kappa shape index (κ3) is 3.66. The van der Waals surface area contributed by atoms with Gasteiger partial charge in [-0.15, -0.1) is 0 Å². The van der Waals surface area contributed by atoms with Crippen molar-refractivity contribution in [2.24, 2.45) is 5.73 Å². The van der Waals surface area contributed by atoms with Gasteiger partial charge in [-0.3, -0.25) is 9.59 Å².